The highest BCUT2D eigenvalue weighted by atomic mass is 15.2. The molecule has 5 heteroatoms. The van der Waals surface area contributed by atoms with E-state index < -0.39 is 5.54 Å². The molecule has 0 unspecified atom stereocenters. The minimum atomic E-state index is -0.450. The molecular formula is C12H15N5. The van der Waals surface area contributed by atoms with E-state index in [1.165, 1.54) is 0 Å². The zero-order valence-electron chi connectivity index (χ0n) is 9.94. The van der Waals surface area contributed by atoms with Gasteiger partial charge in [-0.05, 0) is 26.0 Å². The van der Waals surface area contributed by atoms with Gasteiger partial charge in [-0.2, -0.15) is 5.26 Å². The fourth-order valence-corrected chi connectivity index (χ4v) is 1.05. The Morgan fingerprint density at radius 1 is 1.65 bits per heavy atom. The van der Waals surface area contributed by atoms with E-state index in [9.17, 15) is 0 Å². The Labute approximate surface area is 101 Å². The molecule has 5 nitrogen and oxygen atoms in total. The Kier molecular flexibility index (Phi) is 4.23. The van der Waals surface area contributed by atoms with E-state index in [1.54, 1.807) is 24.5 Å². The van der Waals surface area contributed by atoms with E-state index in [4.69, 9.17) is 5.26 Å². The zero-order valence-corrected chi connectivity index (χ0v) is 9.94. The van der Waals surface area contributed by atoms with Crippen LogP contribution in [0.25, 0.3) is 0 Å². The summed E-state index contributed by atoms with van der Waals surface area (Å²) in [4.78, 5) is 8.30. The van der Waals surface area contributed by atoms with Crippen molar-refractivity contribution in [1.82, 2.24) is 10.3 Å². The third-order valence-electron chi connectivity index (χ3n) is 2.00. The maximum atomic E-state index is 8.66. The Bertz CT molecular complexity index is 442. The highest BCUT2D eigenvalue weighted by molar-refractivity contribution is 5.94. The van der Waals surface area contributed by atoms with Crippen LogP contribution in [0.5, 0.6) is 0 Å². The summed E-state index contributed by atoms with van der Waals surface area (Å²) < 4.78 is 0. The van der Waals surface area contributed by atoms with Crippen LogP contribution in [0.15, 0.2) is 42.2 Å². The number of rotatable bonds is 3. The first kappa shape index (κ1) is 12.7. The molecule has 0 aliphatic carbocycles. The summed E-state index contributed by atoms with van der Waals surface area (Å²) in [5.74, 6) is 0.366. The van der Waals surface area contributed by atoms with Crippen molar-refractivity contribution in [2.45, 2.75) is 19.4 Å². The number of anilines is 1. The smallest absolute Gasteiger partial charge is 0.210 e. The van der Waals surface area contributed by atoms with Gasteiger partial charge in [0, 0.05) is 6.20 Å². The van der Waals surface area contributed by atoms with Crippen LogP contribution in [0.3, 0.4) is 0 Å². The van der Waals surface area contributed by atoms with Crippen molar-refractivity contribution in [1.29, 1.82) is 5.26 Å². The average molecular weight is 229 g/mol. The molecule has 1 aromatic heterocycles. The Balaban J connectivity index is 2.88. The van der Waals surface area contributed by atoms with Gasteiger partial charge >= 0.3 is 0 Å². The summed E-state index contributed by atoms with van der Waals surface area (Å²) in [6, 6.07) is 3.63. The van der Waals surface area contributed by atoms with Gasteiger partial charge in [-0.1, -0.05) is 6.08 Å². The fourth-order valence-electron chi connectivity index (χ4n) is 1.05. The summed E-state index contributed by atoms with van der Waals surface area (Å²) in [6.07, 6.45) is 6.86. The number of hydrogen-bond donors (Lipinski definition) is 2. The lowest BCUT2D eigenvalue weighted by molar-refractivity contribution is 0.656. The summed E-state index contributed by atoms with van der Waals surface area (Å²) in [6.45, 7) is 7.48. The third-order valence-corrected chi connectivity index (χ3v) is 2.00. The summed E-state index contributed by atoms with van der Waals surface area (Å²) in [5.41, 5.74) is 0.308. The number of hydrogen-bond acceptors (Lipinski definition) is 3. The molecule has 0 saturated heterocycles. The first-order valence-electron chi connectivity index (χ1n) is 5.13. The minimum absolute atomic E-state index is 0.366. The lowest BCUT2D eigenvalue weighted by Crippen LogP contribution is -2.30. The number of guanidine groups is 1. The molecule has 0 saturated carbocycles. The minimum Gasteiger partial charge on any atom is -0.324 e. The fraction of sp³-hybridized carbons (Fsp3) is 0.250. The molecule has 88 valence electrons. The quantitative estimate of drug-likeness (QED) is 0.273. The van der Waals surface area contributed by atoms with Crippen molar-refractivity contribution in [3.8, 4) is 6.19 Å². The molecule has 1 rings (SSSR count). The van der Waals surface area contributed by atoms with Crippen LogP contribution in [0, 0.1) is 11.5 Å². The molecule has 1 aromatic rings. The molecule has 17 heavy (non-hydrogen) atoms. The van der Waals surface area contributed by atoms with E-state index in [-0.39, 0.29) is 0 Å². The predicted octanol–water partition coefficient (Wildman–Crippen LogP) is 1.88. The van der Waals surface area contributed by atoms with E-state index in [0.29, 0.717) is 5.96 Å². The van der Waals surface area contributed by atoms with E-state index in [1.807, 2.05) is 26.1 Å². The lowest BCUT2D eigenvalue weighted by Gasteiger charge is -2.16. The van der Waals surface area contributed by atoms with E-state index >= 15 is 0 Å². The van der Waals surface area contributed by atoms with Gasteiger partial charge in [-0.3, -0.25) is 10.3 Å². The molecule has 0 aliphatic rings. The summed E-state index contributed by atoms with van der Waals surface area (Å²) >= 11 is 0. The van der Waals surface area contributed by atoms with Crippen molar-refractivity contribution >= 4 is 11.6 Å². The van der Waals surface area contributed by atoms with Crippen LogP contribution in [-0.4, -0.2) is 16.5 Å². The highest BCUT2D eigenvalue weighted by Gasteiger charge is 2.12. The molecule has 2 N–H and O–H groups in total. The lowest BCUT2D eigenvalue weighted by atomic mass is 10.1. The first-order chi connectivity index (χ1) is 8.07. The molecule has 0 spiro atoms. The zero-order chi connectivity index (χ0) is 12.7. The topological polar surface area (TPSA) is 73.1 Å². The molecule has 0 radical (unpaired) electrons. The molecule has 0 amide bonds. The second-order valence-corrected chi connectivity index (χ2v) is 3.92. The van der Waals surface area contributed by atoms with Crippen molar-refractivity contribution in [2.75, 3.05) is 5.32 Å². The third kappa shape index (κ3) is 4.34. The van der Waals surface area contributed by atoms with E-state index in [0.717, 1.165) is 5.69 Å². The largest absolute Gasteiger partial charge is 0.324 e. The van der Waals surface area contributed by atoms with Gasteiger partial charge in [0.05, 0.1) is 17.4 Å². The normalized spacial score (nSPS) is 11.5. The van der Waals surface area contributed by atoms with Crippen LogP contribution in [0.2, 0.25) is 0 Å². The standard InChI is InChI=1S/C12H15N5/c1-4-12(2,3)17-11(15-9-13)16-10-6-5-7-14-8-10/h4-8H,1H2,2-3H3,(H2,15,16,17). The van der Waals surface area contributed by atoms with E-state index in [2.05, 4.69) is 27.2 Å². The first-order valence-corrected chi connectivity index (χ1v) is 5.13. The Morgan fingerprint density at radius 2 is 2.41 bits per heavy atom. The van der Waals surface area contributed by atoms with Gasteiger partial charge < -0.3 is 5.32 Å². The average Bonchev–Trinajstić information content (AvgIpc) is 2.30. The molecular weight excluding hydrogens is 214 g/mol. The van der Waals surface area contributed by atoms with Gasteiger partial charge in [0.1, 0.15) is 0 Å². The number of nitrogens with zero attached hydrogens (tertiary/aromatic N) is 3. The van der Waals surface area contributed by atoms with Crippen LogP contribution >= 0.6 is 0 Å². The predicted molar refractivity (Wildman–Crippen MR) is 68.3 cm³/mol. The number of pyridine rings is 1. The van der Waals surface area contributed by atoms with Crippen LogP contribution < -0.4 is 10.6 Å². The van der Waals surface area contributed by atoms with Gasteiger partial charge in [0.25, 0.3) is 0 Å². The van der Waals surface area contributed by atoms with Gasteiger partial charge in [-0.15, -0.1) is 6.58 Å². The van der Waals surface area contributed by atoms with Crippen LogP contribution in [-0.2, 0) is 0 Å². The van der Waals surface area contributed by atoms with Crippen LogP contribution in [0.4, 0.5) is 5.69 Å². The Hall–Kier alpha value is -2.35. The molecule has 0 aromatic carbocycles. The second kappa shape index (κ2) is 5.66. The van der Waals surface area contributed by atoms with Crippen molar-refractivity contribution < 1.29 is 0 Å². The highest BCUT2D eigenvalue weighted by Crippen LogP contribution is 2.10. The van der Waals surface area contributed by atoms with Gasteiger partial charge in [-0.25, -0.2) is 4.99 Å². The molecule has 0 aliphatic heterocycles. The van der Waals surface area contributed by atoms with Crippen molar-refractivity contribution in [3.63, 3.8) is 0 Å². The Morgan fingerprint density at radius 3 is 2.94 bits per heavy atom. The van der Waals surface area contributed by atoms with Crippen molar-refractivity contribution in [2.24, 2.45) is 4.99 Å². The summed E-state index contributed by atoms with van der Waals surface area (Å²) in [7, 11) is 0. The second-order valence-electron chi connectivity index (χ2n) is 3.92. The number of aliphatic imine (C=N–C) groups is 1. The van der Waals surface area contributed by atoms with Crippen molar-refractivity contribution in [3.05, 3.63) is 37.2 Å². The maximum Gasteiger partial charge on any atom is 0.210 e. The molecule has 0 fully saturated rings. The SMILES string of the molecule is C=CC(C)(C)N=C(NC#N)Nc1cccnc1. The summed E-state index contributed by atoms with van der Waals surface area (Å²) in [5, 5.41) is 14.1. The molecule has 1 heterocycles. The number of nitriles is 1. The number of aromatic nitrogens is 1. The van der Waals surface area contributed by atoms with Gasteiger partial charge in [0.15, 0.2) is 6.19 Å². The molecule has 0 bridgehead atoms. The monoisotopic (exact) mass is 229 g/mol. The maximum absolute atomic E-state index is 8.66. The van der Waals surface area contributed by atoms with Gasteiger partial charge in [0.2, 0.25) is 5.96 Å². The van der Waals surface area contributed by atoms with Crippen LogP contribution in [0.1, 0.15) is 13.8 Å². The molecule has 0 atom stereocenters. The number of nitrogens with one attached hydrogen (secondary N) is 2.